The van der Waals surface area contributed by atoms with Gasteiger partial charge in [0.25, 0.3) is 0 Å². The molecule has 0 spiro atoms. The van der Waals surface area contributed by atoms with Crippen LogP contribution < -0.4 is 10.1 Å². The van der Waals surface area contributed by atoms with E-state index >= 15 is 0 Å². The van der Waals surface area contributed by atoms with E-state index in [-0.39, 0.29) is 0 Å². The summed E-state index contributed by atoms with van der Waals surface area (Å²) in [4.78, 5) is 0. The fourth-order valence-electron chi connectivity index (χ4n) is 2.51. The topological polar surface area (TPSA) is 21.3 Å². The molecule has 1 N–H and O–H groups in total. The van der Waals surface area contributed by atoms with Crippen LogP contribution in [0.2, 0.25) is 0 Å². The second-order valence-electron chi connectivity index (χ2n) is 4.89. The van der Waals surface area contributed by atoms with Crippen molar-refractivity contribution in [3.05, 3.63) is 58.1 Å². The number of benzene rings is 2. The lowest BCUT2D eigenvalue weighted by molar-refractivity contribution is 0.274. The third kappa shape index (κ3) is 2.76. The number of fused-ring (bicyclic) bond motifs is 1. The zero-order valence-electron chi connectivity index (χ0n) is 10.8. The van der Waals surface area contributed by atoms with Crippen molar-refractivity contribution < 1.29 is 4.74 Å². The number of aryl methyl sites for hydroxylation is 1. The summed E-state index contributed by atoms with van der Waals surface area (Å²) < 4.78 is 6.80. The van der Waals surface area contributed by atoms with Crippen molar-refractivity contribution in [3.63, 3.8) is 0 Å². The number of ether oxygens (including phenoxy) is 1. The Labute approximate surface area is 121 Å². The van der Waals surface area contributed by atoms with E-state index < -0.39 is 0 Å². The van der Waals surface area contributed by atoms with Crippen molar-refractivity contribution in [1.29, 1.82) is 0 Å². The monoisotopic (exact) mass is 317 g/mol. The van der Waals surface area contributed by atoms with Crippen LogP contribution in [0.3, 0.4) is 0 Å². The van der Waals surface area contributed by atoms with Crippen molar-refractivity contribution in [3.8, 4) is 5.75 Å². The molecule has 1 aliphatic rings. The Balaban J connectivity index is 1.88. The summed E-state index contributed by atoms with van der Waals surface area (Å²) in [6.45, 7) is 2.87. The second kappa shape index (κ2) is 5.25. The molecule has 0 aliphatic carbocycles. The summed E-state index contributed by atoms with van der Waals surface area (Å²) in [6, 6.07) is 15.0. The molecule has 19 heavy (non-hydrogen) atoms. The third-order valence-corrected chi connectivity index (χ3v) is 3.80. The molecule has 2 nitrogen and oxygen atoms in total. The maximum absolute atomic E-state index is 5.69. The van der Waals surface area contributed by atoms with Gasteiger partial charge in [0, 0.05) is 22.1 Å². The summed E-state index contributed by atoms with van der Waals surface area (Å²) in [6.07, 6.45) is 0.989. The predicted molar refractivity (Wildman–Crippen MR) is 81.8 cm³/mol. The lowest BCUT2D eigenvalue weighted by Gasteiger charge is -2.27. The molecule has 1 aliphatic heterocycles. The molecule has 2 aromatic carbocycles. The highest BCUT2D eigenvalue weighted by atomic mass is 79.9. The molecule has 0 bridgehead atoms. The van der Waals surface area contributed by atoms with Crippen LogP contribution in [0.15, 0.2) is 46.9 Å². The van der Waals surface area contributed by atoms with E-state index in [1.165, 1.54) is 11.1 Å². The highest BCUT2D eigenvalue weighted by Crippen LogP contribution is 2.34. The van der Waals surface area contributed by atoms with Crippen molar-refractivity contribution in [1.82, 2.24) is 0 Å². The second-order valence-corrected chi connectivity index (χ2v) is 5.80. The largest absolute Gasteiger partial charge is 0.493 e. The molecule has 1 atom stereocenters. The quantitative estimate of drug-likeness (QED) is 0.867. The first-order valence-corrected chi connectivity index (χ1v) is 7.27. The van der Waals surface area contributed by atoms with Crippen LogP contribution in [-0.4, -0.2) is 6.61 Å². The Bertz CT molecular complexity index is 577. The summed E-state index contributed by atoms with van der Waals surface area (Å²) in [5.74, 6) is 0.998. The van der Waals surface area contributed by atoms with Gasteiger partial charge in [-0.2, -0.15) is 0 Å². The number of halogens is 1. The number of rotatable bonds is 2. The summed E-state index contributed by atoms with van der Waals surface area (Å²) in [7, 11) is 0. The maximum Gasteiger partial charge on any atom is 0.124 e. The molecule has 98 valence electrons. The molecule has 0 saturated carbocycles. The van der Waals surface area contributed by atoms with Crippen molar-refractivity contribution >= 4 is 21.6 Å². The molecule has 2 aromatic rings. The van der Waals surface area contributed by atoms with Crippen LogP contribution >= 0.6 is 15.9 Å². The van der Waals surface area contributed by atoms with Crippen LogP contribution in [0, 0.1) is 6.92 Å². The molecule has 0 saturated heterocycles. The Morgan fingerprint density at radius 3 is 2.89 bits per heavy atom. The first-order chi connectivity index (χ1) is 9.22. The molecular formula is C16H16BrNO. The van der Waals surface area contributed by atoms with Gasteiger partial charge in [-0.1, -0.05) is 34.1 Å². The minimum atomic E-state index is 0.318. The first-order valence-electron chi connectivity index (χ1n) is 6.48. The zero-order valence-corrected chi connectivity index (χ0v) is 12.4. The number of anilines is 1. The molecular weight excluding hydrogens is 302 g/mol. The van der Waals surface area contributed by atoms with Gasteiger partial charge in [0.2, 0.25) is 0 Å². The van der Waals surface area contributed by atoms with Gasteiger partial charge in [0.1, 0.15) is 5.75 Å². The minimum Gasteiger partial charge on any atom is -0.493 e. The van der Waals surface area contributed by atoms with Gasteiger partial charge >= 0.3 is 0 Å². The van der Waals surface area contributed by atoms with Gasteiger partial charge < -0.3 is 10.1 Å². The molecule has 0 radical (unpaired) electrons. The van der Waals surface area contributed by atoms with Gasteiger partial charge in [-0.05, 0) is 36.8 Å². The number of para-hydroxylation sites is 1. The van der Waals surface area contributed by atoms with Crippen molar-refractivity contribution in [2.45, 2.75) is 19.4 Å². The van der Waals surface area contributed by atoms with Crippen molar-refractivity contribution in [2.75, 3.05) is 11.9 Å². The summed E-state index contributed by atoms with van der Waals surface area (Å²) in [5.41, 5.74) is 3.64. The molecule has 0 aromatic heterocycles. The van der Waals surface area contributed by atoms with E-state index in [2.05, 4.69) is 58.5 Å². The number of hydrogen-bond donors (Lipinski definition) is 1. The normalized spacial score (nSPS) is 17.5. The fraction of sp³-hybridized carbons (Fsp3) is 0.250. The average molecular weight is 318 g/mol. The Morgan fingerprint density at radius 1 is 1.21 bits per heavy atom. The highest BCUT2D eigenvalue weighted by Gasteiger charge is 2.20. The van der Waals surface area contributed by atoms with Gasteiger partial charge in [-0.25, -0.2) is 0 Å². The average Bonchev–Trinajstić information content (AvgIpc) is 2.38. The van der Waals surface area contributed by atoms with Gasteiger partial charge in [-0.3, -0.25) is 0 Å². The Hall–Kier alpha value is -1.48. The maximum atomic E-state index is 5.69. The molecule has 0 fully saturated rings. The summed E-state index contributed by atoms with van der Waals surface area (Å²) >= 11 is 3.54. The molecule has 1 unspecified atom stereocenters. The van der Waals surface area contributed by atoms with E-state index in [4.69, 9.17) is 4.74 Å². The molecule has 3 heteroatoms. The SMILES string of the molecule is Cc1cc(Br)cc(NC2CCOc3ccccc32)c1. The zero-order chi connectivity index (χ0) is 13.2. The van der Waals surface area contributed by atoms with Crippen LogP contribution in [-0.2, 0) is 0 Å². The van der Waals surface area contributed by atoms with E-state index in [1.807, 2.05) is 12.1 Å². The van der Waals surface area contributed by atoms with E-state index in [9.17, 15) is 0 Å². The lowest BCUT2D eigenvalue weighted by atomic mass is 10.00. The minimum absolute atomic E-state index is 0.318. The molecule has 0 amide bonds. The molecule has 3 rings (SSSR count). The van der Waals surface area contributed by atoms with Crippen LogP contribution in [0.5, 0.6) is 5.75 Å². The molecule has 1 heterocycles. The Kier molecular flexibility index (Phi) is 3.47. The van der Waals surface area contributed by atoms with E-state index in [0.717, 1.165) is 28.9 Å². The highest BCUT2D eigenvalue weighted by molar-refractivity contribution is 9.10. The lowest BCUT2D eigenvalue weighted by Crippen LogP contribution is -2.20. The van der Waals surface area contributed by atoms with Gasteiger partial charge in [0.15, 0.2) is 0 Å². The van der Waals surface area contributed by atoms with E-state index in [0.29, 0.717) is 6.04 Å². The van der Waals surface area contributed by atoms with Crippen molar-refractivity contribution in [2.24, 2.45) is 0 Å². The smallest absolute Gasteiger partial charge is 0.124 e. The van der Waals surface area contributed by atoms with E-state index in [1.54, 1.807) is 0 Å². The summed E-state index contributed by atoms with van der Waals surface area (Å²) in [5, 5.41) is 3.61. The van der Waals surface area contributed by atoms with Crippen LogP contribution in [0.25, 0.3) is 0 Å². The Morgan fingerprint density at radius 2 is 2.05 bits per heavy atom. The first kappa shape index (κ1) is 12.5. The van der Waals surface area contributed by atoms with Gasteiger partial charge in [0.05, 0.1) is 12.6 Å². The standard InChI is InChI=1S/C16H16BrNO/c1-11-8-12(17)10-13(9-11)18-15-6-7-19-16-5-3-2-4-14(15)16/h2-5,8-10,15,18H,6-7H2,1H3. The fourth-order valence-corrected chi connectivity index (χ4v) is 3.12. The number of hydrogen-bond acceptors (Lipinski definition) is 2. The predicted octanol–water partition coefficient (Wildman–Crippen LogP) is 4.69. The third-order valence-electron chi connectivity index (χ3n) is 3.34. The van der Waals surface area contributed by atoms with Crippen LogP contribution in [0.1, 0.15) is 23.6 Å². The van der Waals surface area contributed by atoms with Crippen LogP contribution in [0.4, 0.5) is 5.69 Å². The van der Waals surface area contributed by atoms with Gasteiger partial charge in [-0.15, -0.1) is 0 Å². The number of nitrogens with one attached hydrogen (secondary N) is 1.